The molecule has 0 aliphatic rings. The standard InChI is InChI=1S/C24H52N.C23H50N/c1-5-9-13-14-15-16-17-18-19-20-24-25(21-10-6-2,22-11-7-3)23-12-8-4;1-5-9-13-14-15-16-17-18-19-23-24(20-10-6-2,21-11-7-3)22-12-8-4/h5-24H2,1-4H3;5-23H2,1-4H3/q2*+1. The van der Waals surface area contributed by atoms with Gasteiger partial charge in [0, 0.05) is 0 Å². The Morgan fingerprint density at radius 3 is 0.490 bits per heavy atom. The molecular weight excluding hydrogens is 593 g/mol. The molecule has 0 aliphatic carbocycles. The maximum absolute atomic E-state index is 2.36. The lowest BCUT2D eigenvalue weighted by Crippen LogP contribution is -2.50. The summed E-state index contributed by atoms with van der Waals surface area (Å²) in [6.07, 6.45) is 44.3. The maximum atomic E-state index is 2.36. The van der Waals surface area contributed by atoms with E-state index in [4.69, 9.17) is 0 Å². The van der Waals surface area contributed by atoms with Gasteiger partial charge in [-0.25, -0.2) is 0 Å². The Hall–Kier alpha value is -0.0800. The molecular formula is C47H102N2+2. The van der Waals surface area contributed by atoms with Gasteiger partial charge in [0.1, 0.15) is 0 Å². The van der Waals surface area contributed by atoms with Crippen LogP contribution >= 0.6 is 0 Å². The minimum atomic E-state index is 1.36. The highest BCUT2D eigenvalue weighted by atomic mass is 15.4. The average Bonchev–Trinajstić information content (AvgIpc) is 3.12. The molecule has 0 aromatic carbocycles. The van der Waals surface area contributed by atoms with E-state index >= 15 is 0 Å². The molecule has 0 heterocycles. The molecule has 0 aromatic rings. The number of hydrogen-bond donors (Lipinski definition) is 0. The predicted molar refractivity (Wildman–Crippen MR) is 228 cm³/mol. The lowest BCUT2D eigenvalue weighted by molar-refractivity contribution is -0.929. The Morgan fingerprint density at radius 1 is 0.163 bits per heavy atom. The van der Waals surface area contributed by atoms with Crippen molar-refractivity contribution in [2.45, 2.75) is 254 Å². The first-order chi connectivity index (χ1) is 24.0. The van der Waals surface area contributed by atoms with E-state index in [0.29, 0.717) is 0 Å². The van der Waals surface area contributed by atoms with Crippen molar-refractivity contribution >= 4 is 0 Å². The Balaban J connectivity index is 0. The van der Waals surface area contributed by atoms with Crippen molar-refractivity contribution in [1.82, 2.24) is 0 Å². The molecule has 298 valence electrons. The first kappa shape index (κ1) is 51.0. The van der Waals surface area contributed by atoms with E-state index in [1.165, 1.54) is 260 Å². The van der Waals surface area contributed by atoms with E-state index in [2.05, 4.69) is 55.4 Å². The second kappa shape index (κ2) is 40.7. The molecule has 0 N–H and O–H groups in total. The molecule has 0 bridgehead atoms. The van der Waals surface area contributed by atoms with E-state index in [9.17, 15) is 0 Å². The van der Waals surface area contributed by atoms with Crippen LogP contribution in [-0.2, 0) is 0 Å². The van der Waals surface area contributed by atoms with E-state index in [1.54, 1.807) is 0 Å². The van der Waals surface area contributed by atoms with Crippen molar-refractivity contribution in [3.05, 3.63) is 0 Å². The van der Waals surface area contributed by atoms with E-state index < -0.39 is 0 Å². The predicted octanol–water partition coefficient (Wildman–Crippen LogP) is 15.9. The van der Waals surface area contributed by atoms with Crippen LogP contribution in [0.3, 0.4) is 0 Å². The minimum absolute atomic E-state index is 1.36. The molecule has 0 spiro atoms. The largest absolute Gasteiger partial charge is 0.324 e. The van der Waals surface area contributed by atoms with E-state index in [-0.39, 0.29) is 0 Å². The molecule has 2 heteroatoms. The van der Waals surface area contributed by atoms with Crippen LogP contribution in [0.4, 0.5) is 0 Å². The van der Waals surface area contributed by atoms with Gasteiger partial charge in [-0.15, -0.1) is 0 Å². The molecule has 0 fully saturated rings. The average molecular weight is 695 g/mol. The van der Waals surface area contributed by atoms with Crippen LogP contribution in [0.25, 0.3) is 0 Å². The number of nitrogens with zero attached hydrogens (tertiary/aromatic N) is 2. The number of unbranched alkanes of at least 4 members (excludes halogenated alkanes) is 23. The summed E-state index contributed by atoms with van der Waals surface area (Å²) in [6.45, 7) is 30.3. The third kappa shape index (κ3) is 33.5. The molecule has 0 rings (SSSR count). The van der Waals surface area contributed by atoms with Crippen molar-refractivity contribution in [3.8, 4) is 0 Å². The highest BCUT2D eigenvalue weighted by molar-refractivity contribution is 4.54. The zero-order valence-electron chi connectivity index (χ0n) is 36.5. The Morgan fingerprint density at radius 2 is 0.306 bits per heavy atom. The van der Waals surface area contributed by atoms with Crippen LogP contribution in [-0.4, -0.2) is 61.3 Å². The van der Waals surface area contributed by atoms with Gasteiger partial charge in [-0.3, -0.25) is 0 Å². The molecule has 0 saturated heterocycles. The first-order valence-corrected chi connectivity index (χ1v) is 23.7. The third-order valence-electron chi connectivity index (χ3n) is 11.6. The van der Waals surface area contributed by atoms with E-state index in [1.807, 2.05) is 0 Å². The van der Waals surface area contributed by atoms with Crippen molar-refractivity contribution in [1.29, 1.82) is 0 Å². The van der Waals surface area contributed by atoms with Gasteiger partial charge in [-0.05, 0) is 64.2 Å². The summed E-state index contributed by atoms with van der Waals surface area (Å²) in [5, 5.41) is 0. The zero-order valence-corrected chi connectivity index (χ0v) is 36.5. The highest BCUT2D eigenvalue weighted by Crippen LogP contribution is 2.20. The summed E-state index contributed by atoms with van der Waals surface area (Å²) in [5.41, 5.74) is 0. The number of hydrogen-bond acceptors (Lipinski definition) is 0. The number of rotatable bonds is 39. The van der Waals surface area contributed by atoms with Crippen molar-refractivity contribution in [2.24, 2.45) is 0 Å². The molecule has 0 unspecified atom stereocenters. The minimum Gasteiger partial charge on any atom is -0.324 e. The lowest BCUT2D eigenvalue weighted by atomic mass is 10.1. The Bertz CT molecular complexity index is 543. The van der Waals surface area contributed by atoms with Gasteiger partial charge in [0.2, 0.25) is 0 Å². The van der Waals surface area contributed by atoms with Crippen molar-refractivity contribution in [2.75, 3.05) is 52.4 Å². The lowest BCUT2D eigenvalue weighted by Gasteiger charge is -2.39. The maximum Gasteiger partial charge on any atom is 0.0786 e. The smallest absolute Gasteiger partial charge is 0.0786 e. The van der Waals surface area contributed by atoms with Crippen LogP contribution in [0.15, 0.2) is 0 Å². The summed E-state index contributed by atoms with van der Waals surface area (Å²) in [4.78, 5) is 0. The summed E-state index contributed by atoms with van der Waals surface area (Å²) in [5.74, 6) is 0. The van der Waals surface area contributed by atoms with Crippen LogP contribution in [0.5, 0.6) is 0 Å². The highest BCUT2D eigenvalue weighted by Gasteiger charge is 2.26. The molecule has 49 heavy (non-hydrogen) atoms. The summed E-state index contributed by atoms with van der Waals surface area (Å²) in [6, 6.07) is 0. The van der Waals surface area contributed by atoms with Gasteiger partial charge in [0.05, 0.1) is 52.4 Å². The Labute approximate surface area is 314 Å². The van der Waals surface area contributed by atoms with Crippen LogP contribution in [0.1, 0.15) is 254 Å². The monoisotopic (exact) mass is 695 g/mol. The SMILES string of the molecule is CCCCCCCCCCCC[N+](CCCC)(CCCC)CCCC.CCCCCCCCCCC[N+](CCCC)(CCCC)CCCC. The number of quaternary nitrogens is 2. The molecule has 0 saturated carbocycles. The summed E-state index contributed by atoms with van der Waals surface area (Å²) in [7, 11) is 0. The van der Waals surface area contributed by atoms with Gasteiger partial charge < -0.3 is 8.97 Å². The van der Waals surface area contributed by atoms with Crippen LogP contribution < -0.4 is 0 Å². The van der Waals surface area contributed by atoms with Crippen molar-refractivity contribution < 1.29 is 8.97 Å². The van der Waals surface area contributed by atoms with E-state index in [0.717, 1.165) is 0 Å². The molecule has 0 amide bonds. The molecule has 0 aliphatic heterocycles. The normalized spacial score (nSPS) is 12.0. The first-order valence-electron chi connectivity index (χ1n) is 23.7. The molecule has 0 atom stereocenters. The second-order valence-corrected chi connectivity index (χ2v) is 16.6. The van der Waals surface area contributed by atoms with Crippen molar-refractivity contribution in [3.63, 3.8) is 0 Å². The Kier molecular flexibility index (Phi) is 42.4. The zero-order chi connectivity index (χ0) is 36.6. The van der Waals surface area contributed by atoms with Gasteiger partial charge in [0.25, 0.3) is 0 Å². The van der Waals surface area contributed by atoms with Crippen LogP contribution in [0, 0.1) is 0 Å². The molecule has 2 nitrogen and oxygen atoms in total. The molecule has 0 aromatic heterocycles. The fourth-order valence-corrected chi connectivity index (χ4v) is 8.00. The quantitative estimate of drug-likeness (QED) is 0.0444. The van der Waals surface area contributed by atoms with Crippen LogP contribution in [0.2, 0.25) is 0 Å². The summed E-state index contributed by atoms with van der Waals surface area (Å²) >= 11 is 0. The molecule has 0 radical (unpaired) electrons. The fraction of sp³-hybridized carbons (Fsp3) is 1.00. The van der Waals surface area contributed by atoms with Gasteiger partial charge >= 0.3 is 0 Å². The summed E-state index contributed by atoms with van der Waals surface area (Å²) < 4.78 is 2.87. The third-order valence-corrected chi connectivity index (χ3v) is 11.6. The van der Waals surface area contributed by atoms with Gasteiger partial charge in [0.15, 0.2) is 0 Å². The topological polar surface area (TPSA) is 0 Å². The van der Waals surface area contributed by atoms with Gasteiger partial charge in [-0.1, -0.05) is 190 Å². The van der Waals surface area contributed by atoms with Gasteiger partial charge in [-0.2, -0.15) is 0 Å². The fourth-order valence-electron chi connectivity index (χ4n) is 8.00. The second-order valence-electron chi connectivity index (χ2n) is 16.6.